The molecule has 1 heterocycles. The topological polar surface area (TPSA) is 56.6 Å². The van der Waals surface area contributed by atoms with Crippen LogP contribution >= 0.6 is 0 Å². The molecule has 0 spiro atoms. The van der Waals surface area contributed by atoms with Gasteiger partial charge in [0, 0.05) is 22.2 Å². The van der Waals surface area contributed by atoms with Crippen LogP contribution in [0.3, 0.4) is 0 Å². The van der Waals surface area contributed by atoms with Crippen LogP contribution in [0.5, 0.6) is 0 Å². The van der Waals surface area contributed by atoms with E-state index >= 15 is 0 Å². The van der Waals surface area contributed by atoms with Gasteiger partial charge < -0.3 is 4.98 Å². The van der Waals surface area contributed by atoms with Gasteiger partial charge in [-0.3, -0.25) is 4.79 Å². The molecule has 1 N–H and O–H groups in total. The number of Topliss-reactive ketones (excluding diaryl/α,β-unsaturated/α-hetero) is 1. The van der Waals surface area contributed by atoms with Crippen LogP contribution < -0.4 is 0 Å². The molecule has 3 nitrogen and oxygen atoms in total. The minimum atomic E-state index is -0.768. The Hall–Kier alpha value is -2.08. The number of fused-ring (bicyclic) bond motifs is 1. The van der Waals surface area contributed by atoms with Crippen LogP contribution in [0.1, 0.15) is 35.3 Å². The Morgan fingerprint density at radius 1 is 1.39 bits per heavy atom. The number of H-pyrrole nitrogens is 1. The number of aryl methyl sites for hydroxylation is 1. The molecule has 0 saturated heterocycles. The van der Waals surface area contributed by atoms with Gasteiger partial charge in [0.15, 0.2) is 5.78 Å². The predicted octanol–water partition coefficient (Wildman–Crippen LogP) is 3.35. The second-order valence-corrected chi connectivity index (χ2v) is 5.05. The van der Waals surface area contributed by atoms with Gasteiger partial charge in [-0.25, -0.2) is 0 Å². The van der Waals surface area contributed by atoms with Crippen LogP contribution in [0, 0.1) is 23.7 Å². The lowest BCUT2D eigenvalue weighted by atomic mass is 9.65. The summed E-state index contributed by atoms with van der Waals surface area (Å²) in [7, 11) is 0. The number of para-hydroxylation sites is 1. The Morgan fingerprint density at radius 2 is 2.11 bits per heavy atom. The zero-order valence-electron chi connectivity index (χ0n) is 10.3. The Labute approximate surface area is 105 Å². The maximum absolute atomic E-state index is 12.6. The highest BCUT2D eigenvalue weighted by molar-refractivity contribution is 6.13. The summed E-state index contributed by atoms with van der Waals surface area (Å²) in [6, 6.07) is 9.99. The highest BCUT2D eigenvalue weighted by atomic mass is 16.1. The monoisotopic (exact) mass is 238 g/mol. The molecule has 1 aromatic carbocycles. The quantitative estimate of drug-likeness (QED) is 0.815. The third-order valence-corrected chi connectivity index (χ3v) is 3.98. The first-order chi connectivity index (χ1) is 8.68. The number of ketones is 1. The van der Waals surface area contributed by atoms with Crippen molar-refractivity contribution >= 4 is 16.7 Å². The SMILES string of the molecule is Cc1[nH]c2ccccc2c1C(=O)C1(C#N)CCC1. The van der Waals surface area contributed by atoms with Gasteiger partial charge in [0.1, 0.15) is 5.41 Å². The van der Waals surface area contributed by atoms with Crippen LogP contribution in [-0.4, -0.2) is 10.8 Å². The second-order valence-electron chi connectivity index (χ2n) is 5.05. The minimum absolute atomic E-state index is 0.00815. The van der Waals surface area contributed by atoms with Gasteiger partial charge in [0.2, 0.25) is 0 Å². The molecule has 2 aromatic rings. The Kier molecular flexibility index (Phi) is 2.27. The van der Waals surface area contributed by atoms with E-state index in [0.29, 0.717) is 18.4 Å². The average molecular weight is 238 g/mol. The van der Waals surface area contributed by atoms with E-state index in [1.165, 1.54) is 0 Å². The minimum Gasteiger partial charge on any atom is -0.358 e. The summed E-state index contributed by atoms with van der Waals surface area (Å²) in [5.74, 6) is -0.00815. The number of carbonyl (C=O) groups is 1. The molecule has 0 aliphatic heterocycles. The largest absolute Gasteiger partial charge is 0.358 e. The second kappa shape index (κ2) is 3.71. The van der Waals surface area contributed by atoms with Crippen molar-refractivity contribution in [2.75, 3.05) is 0 Å². The van der Waals surface area contributed by atoms with Crippen LogP contribution in [0.4, 0.5) is 0 Å². The third kappa shape index (κ3) is 1.32. The van der Waals surface area contributed by atoms with Crippen molar-refractivity contribution in [1.29, 1.82) is 5.26 Å². The van der Waals surface area contributed by atoms with Gasteiger partial charge in [-0.2, -0.15) is 5.26 Å². The average Bonchev–Trinajstić information content (AvgIpc) is 2.63. The molecule has 0 atom stereocenters. The van der Waals surface area contributed by atoms with E-state index in [1.54, 1.807) is 0 Å². The lowest BCUT2D eigenvalue weighted by Gasteiger charge is -2.33. The number of nitrogens with one attached hydrogen (secondary N) is 1. The van der Waals surface area contributed by atoms with E-state index < -0.39 is 5.41 Å². The van der Waals surface area contributed by atoms with Gasteiger partial charge in [0.05, 0.1) is 6.07 Å². The molecule has 1 fully saturated rings. The van der Waals surface area contributed by atoms with Crippen LogP contribution in [-0.2, 0) is 0 Å². The zero-order valence-corrected chi connectivity index (χ0v) is 10.3. The smallest absolute Gasteiger partial charge is 0.185 e. The van der Waals surface area contributed by atoms with Crippen molar-refractivity contribution in [3.8, 4) is 6.07 Å². The van der Waals surface area contributed by atoms with E-state index in [4.69, 9.17) is 0 Å². The third-order valence-electron chi connectivity index (χ3n) is 3.98. The van der Waals surface area contributed by atoms with Gasteiger partial charge >= 0.3 is 0 Å². The number of benzene rings is 1. The lowest BCUT2D eigenvalue weighted by Crippen LogP contribution is -2.36. The first-order valence-corrected chi connectivity index (χ1v) is 6.21. The predicted molar refractivity (Wildman–Crippen MR) is 69.3 cm³/mol. The fourth-order valence-corrected chi connectivity index (χ4v) is 2.73. The van der Waals surface area contributed by atoms with E-state index in [1.807, 2.05) is 31.2 Å². The Bertz CT molecular complexity index is 671. The van der Waals surface area contributed by atoms with Crippen molar-refractivity contribution in [1.82, 2.24) is 4.98 Å². The van der Waals surface area contributed by atoms with Crippen molar-refractivity contribution in [3.63, 3.8) is 0 Å². The number of nitrogens with zero attached hydrogens (tertiary/aromatic N) is 1. The van der Waals surface area contributed by atoms with Crippen LogP contribution in [0.25, 0.3) is 10.9 Å². The van der Waals surface area contributed by atoms with Crippen LogP contribution in [0.15, 0.2) is 24.3 Å². The Morgan fingerprint density at radius 3 is 2.72 bits per heavy atom. The molecule has 1 aliphatic rings. The lowest BCUT2D eigenvalue weighted by molar-refractivity contribution is 0.0750. The fraction of sp³-hybridized carbons (Fsp3) is 0.333. The molecule has 0 amide bonds. The highest BCUT2D eigenvalue weighted by Gasteiger charge is 2.45. The molecular formula is C15H14N2O. The van der Waals surface area contributed by atoms with Crippen LogP contribution in [0.2, 0.25) is 0 Å². The summed E-state index contributed by atoms with van der Waals surface area (Å²) in [5, 5.41) is 10.2. The number of nitriles is 1. The molecule has 0 bridgehead atoms. The van der Waals surface area contributed by atoms with E-state index in [0.717, 1.165) is 23.0 Å². The van der Waals surface area contributed by atoms with Crippen molar-refractivity contribution < 1.29 is 4.79 Å². The van der Waals surface area contributed by atoms with Gasteiger partial charge in [-0.1, -0.05) is 18.2 Å². The van der Waals surface area contributed by atoms with Crippen molar-refractivity contribution in [2.45, 2.75) is 26.2 Å². The maximum Gasteiger partial charge on any atom is 0.185 e. The van der Waals surface area contributed by atoms with E-state index in [2.05, 4.69) is 11.1 Å². The maximum atomic E-state index is 12.6. The summed E-state index contributed by atoms with van der Waals surface area (Å²) in [6.07, 6.45) is 2.36. The molecule has 90 valence electrons. The molecule has 0 unspecified atom stereocenters. The standard InChI is InChI=1S/C15H14N2O/c1-10-13(11-5-2-3-6-12(11)17-10)14(18)15(9-16)7-4-8-15/h2-3,5-6,17H,4,7-8H2,1H3. The van der Waals surface area contributed by atoms with Gasteiger partial charge in [-0.05, 0) is 32.3 Å². The van der Waals surface area contributed by atoms with Gasteiger partial charge in [0.25, 0.3) is 0 Å². The molecule has 1 aromatic heterocycles. The molecule has 1 aliphatic carbocycles. The zero-order chi connectivity index (χ0) is 12.8. The molecule has 3 heteroatoms. The number of carbonyl (C=O) groups excluding carboxylic acids is 1. The van der Waals surface area contributed by atoms with E-state index in [-0.39, 0.29) is 5.78 Å². The first-order valence-electron chi connectivity index (χ1n) is 6.21. The normalized spacial score (nSPS) is 17.1. The number of aromatic nitrogens is 1. The summed E-state index contributed by atoms with van der Waals surface area (Å²) >= 11 is 0. The van der Waals surface area contributed by atoms with Crippen molar-refractivity contribution in [2.24, 2.45) is 5.41 Å². The molecule has 3 rings (SSSR count). The molecule has 0 radical (unpaired) electrons. The van der Waals surface area contributed by atoms with Gasteiger partial charge in [-0.15, -0.1) is 0 Å². The number of aromatic amines is 1. The number of rotatable bonds is 2. The first kappa shape index (κ1) is 11.0. The van der Waals surface area contributed by atoms with E-state index in [9.17, 15) is 10.1 Å². The summed E-state index contributed by atoms with van der Waals surface area (Å²) < 4.78 is 0. The summed E-state index contributed by atoms with van der Waals surface area (Å²) in [5.41, 5.74) is 1.76. The molecule has 18 heavy (non-hydrogen) atoms. The summed E-state index contributed by atoms with van der Waals surface area (Å²) in [6.45, 7) is 1.90. The summed E-state index contributed by atoms with van der Waals surface area (Å²) in [4.78, 5) is 15.9. The van der Waals surface area contributed by atoms with Crippen molar-refractivity contribution in [3.05, 3.63) is 35.5 Å². The highest BCUT2D eigenvalue weighted by Crippen LogP contribution is 2.44. The number of hydrogen-bond donors (Lipinski definition) is 1. The fourth-order valence-electron chi connectivity index (χ4n) is 2.73. The Balaban J connectivity index is 2.18. The molecular weight excluding hydrogens is 224 g/mol. The molecule has 1 saturated carbocycles. The number of hydrogen-bond acceptors (Lipinski definition) is 2.